The largest absolute Gasteiger partial charge is 0.309 e. The maximum atomic E-state index is 4.85. The van der Waals surface area contributed by atoms with E-state index in [1.165, 1.54) is 65.6 Å². The van der Waals surface area contributed by atoms with Crippen LogP contribution in [-0.2, 0) is 0 Å². The van der Waals surface area contributed by atoms with E-state index in [9.17, 15) is 0 Å². The Kier molecular flexibility index (Phi) is 4.26. The van der Waals surface area contributed by atoms with Crippen molar-refractivity contribution < 1.29 is 0 Å². The highest BCUT2D eigenvalue weighted by molar-refractivity contribution is 6.26. The first-order chi connectivity index (χ1) is 18.4. The van der Waals surface area contributed by atoms with E-state index in [1.54, 1.807) is 0 Å². The van der Waals surface area contributed by atoms with Crippen molar-refractivity contribution in [2.24, 2.45) is 0 Å². The summed E-state index contributed by atoms with van der Waals surface area (Å²) >= 11 is 0. The van der Waals surface area contributed by atoms with Crippen LogP contribution >= 0.6 is 0 Å². The Morgan fingerprint density at radius 3 is 2.03 bits per heavy atom. The van der Waals surface area contributed by atoms with E-state index in [4.69, 9.17) is 4.98 Å². The standard InChI is InChI=1S/C35H22N2/c1-3-11-23(12-4-1)28-19-24-20-34-30(21-29(24)35-27-16-7-9-17-32(27)36-22-31(28)35)26-15-8-10-18-33(26)37(34)25-13-5-2-6-14-25/h1-22H. The van der Waals surface area contributed by atoms with Gasteiger partial charge in [-0.15, -0.1) is 0 Å². The Hall–Kier alpha value is -4.95. The van der Waals surface area contributed by atoms with Crippen LogP contribution in [0, 0.1) is 0 Å². The fraction of sp³-hybridized carbons (Fsp3) is 0. The fourth-order valence-electron chi connectivity index (χ4n) is 5.95. The molecule has 0 aliphatic rings. The van der Waals surface area contributed by atoms with Crippen LogP contribution in [-0.4, -0.2) is 9.55 Å². The lowest BCUT2D eigenvalue weighted by Gasteiger charge is -2.14. The Bertz CT molecular complexity index is 2120. The topological polar surface area (TPSA) is 17.8 Å². The third-order valence-corrected chi connectivity index (χ3v) is 7.58. The molecule has 0 saturated carbocycles. The van der Waals surface area contributed by atoms with Crippen LogP contribution in [0.1, 0.15) is 0 Å². The molecule has 6 aromatic carbocycles. The Balaban J connectivity index is 1.61. The van der Waals surface area contributed by atoms with E-state index < -0.39 is 0 Å². The van der Waals surface area contributed by atoms with Crippen molar-refractivity contribution in [1.82, 2.24) is 9.55 Å². The summed E-state index contributed by atoms with van der Waals surface area (Å²) < 4.78 is 2.39. The van der Waals surface area contributed by atoms with Crippen LogP contribution in [0.15, 0.2) is 134 Å². The highest BCUT2D eigenvalue weighted by Gasteiger charge is 2.17. The zero-order valence-electron chi connectivity index (χ0n) is 20.1. The van der Waals surface area contributed by atoms with E-state index in [2.05, 4.69) is 138 Å². The first kappa shape index (κ1) is 20.3. The van der Waals surface area contributed by atoms with Crippen molar-refractivity contribution in [2.45, 2.75) is 0 Å². The molecule has 2 nitrogen and oxygen atoms in total. The second-order valence-corrected chi connectivity index (χ2v) is 9.63. The lowest BCUT2D eigenvalue weighted by atomic mass is 9.91. The molecule has 0 aliphatic heterocycles. The zero-order chi connectivity index (χ0) is 24.3. The predicted octanol–water partition coefficient (Wildman–Crippen LogP) is 9.31. The molecule has 0 radical (unpaired) electrons. The molecular formula is C35H22N2. The molecule has 2 aromatic heterocycles. The number of aromatic nitrogens is 2. The maximum Gasteiger partial charge on any atom is 0.0708 e. The van der Waals surface area contributed by atoms with Gasteiger partial charge in [-0.3, -0.25) is 4.98 Å². The average molecular weight is 471 g/mol. The third-order valence-electron chi connectivity index (χ3n) is 7.58. The molecule has 172 valence electrons. The van der Waals surface area contributed by atoms with Gasteiger partial charge in [0.1, 0.15) is 0 Å². The predicted molar refractivity (Wildman–Crippen MR) is 157 cm³/mol. The van der Waals surface area contributed by atoms with Crippen LogP contribution in [0.3, 0.4) is 0 Å². The summed E-state index contributed by atoms with van der Waals surface area (Å²) in [4.78, 5) is 4.85. The van der Waals surface area contributed by atoms with Crippen LogP contribution < -0.4 is 0 Å². The number of hydrogen-bond acceptors (Lipinski definition) is 1. The van der Waals surface area contributed by atoms with Gasteiger partial charge in [-0.25, -0.2) is 0 Å². The molecule has 8 rings (SSSR count). The van der Waals surface area contributed by atoms with Crippen molar-refractivity contribution in [3.05, 3.63) is 134 Å². The molecule has 0 N–H and O–H groups in total. The van der Waals surface area contributed by atoms with E-state index in [0.717, 1.165) is 5.52 Å². The number of fused-ring (bicyclic) bond motifs is 8. The normalized spacial score (nSPS) is 11.8. The maximum absolute atomic E-state index is 4.85. The van der Waals surface area contributed by atoms with Gasteiger partial charge >= 0.3 is 0 Å². The number of hydrogen-bond donors (Lipinski definition) is 0. The lowest BCUT2D eigenvalue weighted by molar-refractivity contribution is 1.18. The minimum absolute atomic E-state index is 1.02. The highest BCUT2D eigenvalue weighted by Crippen LogP contribution is 2.41. The number of benzene rings is 6. The van der Waals surface area contributed by atoms with E-state index in [0.29, 0.717) is 0 Å². The molecule has 2 heterocycles. The van der Waals surface area contributed by atoms with Gasteiger partial charge in [-0.2, -0.15) is 0 Å². The third kappa shape index (κ3) is 2.96. The van der Waals surface area contributed by atoms with Gasteiger partial charge in [0.25, 0.3) is 0 Å². The minimum Gasteiger partial charge on any atom is -0.309 e. The molecule has 0 amide bonds. The van der Waals surface area contributed by atoms with Crippen LogP contribution in [0.2, 0.25) is 0 Å². The van der Waals surface area contributed by atoms with Crippen LogP contribution in [0.25, 0.3) is 71.1 Å². The summed E-state index contributed by atoms with van der Waals surface area (Å²) in [7, 11) is 0. The second-order valence-electron chi connectivity index (χ2n) is 9.63. The summed E-state index contributed by atoms with van der Waals surface area (Å²) in [6.45, 7) is 0. The summed E-state index contributed by atoms with van der Waals surface area (Å²) in [6, 6.07) is 45.7. The van der Waals surface area contributed by atoms with E-state index in [1.807, 2.05) is 0 Å². The van der Waals surface area contributed by atoms with Crippen molar-refractivity contribution in [2.75, 3.05) is 0 Å². The smallest absolute Gasteiger partial charge is 0.0708 e. The number of pyridine rings is 1. The zero-order valence-corrected chi connectivity index (χ0v) is 20.1. The van der Waals surface area contributed by atoms with Crippen molar-refractivity contribution >= 4 is 54.3 Å². The first-order valence-electron chi connectivity index (χ1n) is 12.6. The number of rotatable bonds is 2. The SMILES string of the molecule is c1ccc(-c2cc3cc4c(cc3c3c2cnc2ccccc23)c2ccccc2n4-c2ccccc2)cc1. The van der Waals surface area contributed by atoms with Gasteiger partial charge in [0.05, 0.1) is 16.6 Å². The van der Waals surface area contributed by atoms with Crippen molar-refractivity contribution in [3.63, 3.8) is 0 Å². The second kappa shape index (κ2) is 7.78. The van der Waals surface area contributed by atoms with Crippen LogP contribution in [0.5, 0.6) is 0 Å². The molecule has 0 bridgehead atoms. The van der Waals surface area contributed by atoms with Gasteiger partial charge in [0, 0.05) is 38.8 Å². The highest BCUT2D eigenvalue weighted by atomic mass is 15.0. The summed E-state index contributed by atoms with van der Waals surface area (Å²) in [5.41, 5.74) is 7.05. The quantitative estimate of drug-likeness (QED) is 0.230. The minimum atomic E-state index is 1.02. The molecule has 0 aliphatic carbocycles. The molecule has 37 heavy (non-hydrogen) atoms. The summed E-state index contributed by atoms with van der Waals surface area (Å²) in [5, 5.41) is 8.66. The molecule has 0 unspecified atom stereocenters. The van der Waals surface area contributed by atoms with E-state index >= 15 is 0 Å². The van der Waals surface area contributed by atoms with Gasteiger partial charge < -0.3 is 4.57 Å². The lowest BCUT2D eigenvalue weighted by Crippen LogP contribution is -1.93. The first-order valence-corrected chi connectivity index (χ1v) is 12.6. The molecule has 0 saturated heterocycles. The van der Waals surface area contributed by atoms with Gasteiger partial charge in [0.15, 0.2) is 0 Å². The number of nitrogens with zero attached hydrogens (tertiary/aromatic N) is 2. The molecule has 0 atom stereocenters. The Morgan fingerprint density at radius 2 is 1.19 bits per heavy atom. The molecular weight excluding hydrogens is 448 g/mol. The average Bonchev–Trinajstić information content (AvgIpc) is 3.29. The molecule has 2 heteroatoms. The summed E-state index contributed by atoms with van der Waals surface area (Å²) in [5.74, 6) is 0. The number of para-hydroxylation sites is 3. The van der Waals surface area contributed by atoms with Crippen LogP contribution in [0.4, 0.5) is 0 Å². The van der Waals surface area contributed by atoms with Gasteiger partial charge in [0.2, 0.25) is 0 Å². The van der Waals surface area contributed by atoms with Gasteiger partial charge in [-0.1, -0.05) is 84.9 Å². The summed E-state index contributed by atoms with van der Waals surface area (Å²) in [6.07, 6.45) is 2.05. The van der Waals surface area contributed by atoms with E-state index in [-0.39, 0.29) is 0 Å². The molecule has 8 aromatic rings. The fourth-order valence-corrected chi connectivity index (χ4v) is 5.95. The Labute approximate surface area is 214 Å². The van der Waals surface area contributed by atoms with Gasteiger partial charge in [-0.05, 0) is 64.4 Å². The monoisotopic (exact) mass is 470 g/mol. The van der Waals surface area contributed by atoms with Crippen molar-refractivity contribution in [3.8, 4) is 16.8 Å². The molecule has 0 spiro atoms. The van der Waals surface area contributed by atoms with Crippen molar-refractivity contribution in [1.29, 1.82) is 0 Å². The Morgan fingerprint density at radius 1 is 0.486 bits per heavy atom. The molecule has 0 fully saturated rings.